The van der Waals surface area contributed by atoms with Gasteiger partial charge >= 0.3 is 0 Å². The van der Waals surface area contributed by atoms with Crippen LogP contribution in [0.3, 0.4) is 0 Å². The Morgan fingerprint density at radius 2 is 2.00 bits per heavy atom. The maximum atomic E-state index is 11.5. The summed E-state index contributed by atoms with van der Waals surface area (Å²) in [6, 6.07) is 8.50. The molecule has 0 atom stereocenters. The van der Waals surface area contributed by atoms with Gasteiger partial charge in [0.1, 0.15) is 12.1 Å². The summed E-state index contributed by atoms with van der Waals surface area (Å²) in [5, 5.41) is 23.4. The first-order valence-electron chi connectivity index (χ1n) is 5.66. The zero-order valence-electron chi connectivity index (χ0n) is 10.2. The van der Waals surface area contributed by atoms with Crippen LogP contribution in [0.15, 0.2) is 18.2 Å². The fourth-order valence-electron chi connectivity index (χ4n) is 1.41. The highest BCUT2D eigenvalue weighted by Crippen LogP contribution is 2.14. The third-order valence-electron chi connectivity index (χ3n) is 2.32. The molecule has 0 fully saturated rings. The lowest BCUT2D eigenvalue weighted by molar-refractivity contribution is -0.116. The maximum absolute atomic E-state index is 11.5. The molecule has 0 aliphatic rings. The number of carbonyl (C=O) groups excluding carboxylic acids is 1. The van der Waals surface area contributed by atoms with Gasteiger partial charge in [0.2, 0.25) is 5.91 Å². The van der Waals surface area contributed by atoms with Crippen LogP contribution in [0.2, 0.25) is 0 Å². The molecule has 0 spiro atoms. The summed E-state index contributed by atoms with van der Waals surface area (Å²) in [7, 11) is 0. The van der Waals surface area contributed by atoms with Crippen LogP contribution in [0, 0.1) is 22.7 Å². The Morgan fingerprint density at radius 1 is 1.28 bits per heavy atom. The zero-order chi connectivity index (χ0) is 13.4. The number of benzene rings is 1. The van der Waals surface area contributed by atoms with Crippen molar-refractivity contribution in [2.24, 2.45) is 0 Å². The highest BCUT2D eigenvalue weighted by atomic mass is 16.1. The quantitative estimate of drug-likeness (QED) is 0.763. The van der Waals surface area contributed by atoms with Crippen molar-refractivity contribution in [1.82, 2.24) is 5.32 Å². The molecule has 0 saturated carbocycles. The molecule has 18 heavy (non-hydrogen) atoms. The summed E-state index contributed by atoms with van der Waals surface area (Å²) < 4.78 is 0. The lowest BCUT2D eigenvalue weighted by Crippen LogP contribution is -2.21. The van der Waals surface area contributed by atoms with E-state index in [0.29, 0.717) is 24.2 Å². The van der Waals surface area contributed by atoms with Gasteiger partial charge in [0.15, 0.2) is 0 Å². The van der Waals surface area contributed by atoms with Gasteiger partial charge in [-0.1, -0.05) is 6.92 Å². The van der Waals surface area contributed by atoms with E-state index in [1.807, 2.05) is 19.1 Å². The number of amides is 1. The van der Waals surface area contributed by atoms with Gasteiger partial charge in [-0.25, -0.2) is 0 Å². The lowest BCUT2D eigenvalue weighted by atomic mass is 10.1. The van der Waals surface area contributed by atoms with E-state index in [1.165, 1.54) is 12.1 Å². The Kier molecular flexibility index (Phi) is 5.37. The molecule has 0 radical (unpaired) electrons. The van der Waals surface area contributed by atoms with E-state index in [2.05, 4.69) is 10.6 Å². The Bertz CT molecular complexity index is 511. The number of carbonyl (C=O) groups is 1. The van der Waals surface area contributed by atoms with Crippen molar-refractivity contribution in [3.05, 3.63) is 29.3 Å². The van der Waals surface area contributed by atoms with Crippen LogP contribution >= 0.6 is 0 Å². The predicted octanol–water partition coefficient (Wildman–Crippen LogP) is 1.37. The van der Waals surface area contributed by atoms with Crippen LogP contribution in [-0.4, -0.2) is 19.0 Å². The second-order valence-electron chi connectivity index (χ2n) is 3.64. The molecular formula is C13H14N4O. The molecule has 0 unspecified atom stereocenters. The van der Waals surface area contributed by atoms with Gasteiger partial charge in [-0.3, -0.25) is 4.79 Å². The van der Waals surface area contributed by atoms with E-state index in [-0.39, 0.29) is 11.5 Å². The van der Waals surface area contributed by atoms with E-state index in [9.17, 15) is 4.79 Å². The third-order valence-corrected chi connectivity index (χ3v) is 2.32. The van der Waals surface area contributed by atoms with E-state index < -0.39 is 0 Å². The van der Waals surface area contributed by atoms with Crippen molar-refractivity contribution in [2.75, 3.05) is 18.4 Å². The summed E-state index contributed by atoms with van der Waals surface area (Å²) in [6.45, 7) is 3.41. The minimum absolute atomic E-state index is 0.121. The topological polar surface area (TPSA) is 88.7 Å². The number of nitriles is 2. The molecule has 5 heteroatoms. The minimum atomic E-state index is -0.121. The number of anilines is 1. The van der Waals surface area contributed by atoms with Crippen LogP contribution in [0.5, 0.6) is 0 Å². The summed E-state index contributed by atoms with van der Waals surface area (Å²) in [4.78, 5) is 11.5. The van der Waals surface area contributed by atoms with E-state index >= 15 is 0 Å². The molecule has 1 rings (SSSR count). The number of nitrogens with zero attached hydrogens (tertiary/aromatic N) is 2. The molecule has 0 aliphatic heterocycles. The molecule has 2 N–H and O–H groups in total. The average molecular weight is 242 g/mol. The maximum Gasteiger partial charge on any atom is 0.225 e. The van der Waals surface area contributed by atoms with Crippen LogP contribution in [0.25, 0.3) is 0 Å². The first-order chi connectivity index (χ1) is 8.71. The standard InChI is InChI=1S/C13H14N4O/c1-2-16-6-5-13(18)17-12-4-3-10(8-14)11(7-12)9-15/h3-4,7,16H,2,5-6H2,1H3,(H,17,18). The van der Waals surface area contributed by atoms with E-state index in [4.69, 9.17) is 10.5 Å². The molecule has 1 aromatic carbocycles. The van der Waals surface area contributed by atoms with Crippen molar-refractivity contribution < 1.29 is 4.79 Å². The van der Waals surface area contributed by atoms with Crippen molar-refractivity contribution in [3.63, 3.8) is 0 Å². The van der Waals surface area contributed by atoms with Crippen LogP contribution in [-0.2, 0) is 4.79 Å². The van der Waals surface area contributed by atoms with Gasteiger partial charge < -0.3 is 10.6 Å². The van der Waals surface area contributed by atoms with Crippen molar-refractivity contribution >= 4 is 11.6 Å². The molecular weight excluding hydrogens is 228 g/mol. The van der Waals surface area contributed by atoms with Crippen LogP contribution in [0.1, 0.15) is 24.5 Å². The molecule has 0 heterocycles. The Labute approximate surface area is 106 Å². The SMILES string of the molecule is CCNCCC(=O)Nc1ccc(C#N)c(C#N)c1. The van der Waals surface area contributed by atoms with Crippen molar-refractivity contribution in [2.45, 2.75) is 13.3 Å². The lowest BCUT2D eigenvalue weighted by Gasteiger charge is -2.06. The summed E-state index contributed by atoms with van der Waals surface area (Å²) >= 11 is 0. The molecule has 0 aliphatic carbocycles. The number of rotatable bonds is 5. The Balaban J connectivity index is 2.66. The highest BCUT2D eigenvalue weighted by Gasteiger charge is 2.05. The number of hydrogen-bond donors (Lipinski definition) is 2. The minimum Gasteiger partial charge on any atom is -0.326 e. The van der Waals surface area contributed by atoms with Crippen molar-refractivity contribution in [1.29, 1.82) is 10.5 Å². The van der Waals surface area contributed by atoms with Gasteiger partial charge in [0.25, 0.3) is 0 Å². The zero-order valence-corrected chi connectivity index (χ0v) is 10.2. The Morgan fingerprint density at radius 3 is 2.61 bits per heavy atom. The first-order valence-corrected chi connectivity index (χ1v) is 5.66. The van der Waals surface area contributed by atoms with Crippen LogP contribution in [0.4, 0.5) is 5.69 Å². The van der Waals surface area contributed by atoms with Gasteiger partial charge in [0, 0.05) is 18.7 Å². The molecule has 0 saturated heterocycles. The molecule has 1 amide bonds. The third kappa shape index (κ3) is 3.89. The highest BCUT2D eigenvalue weighted by molar-refractivity contribution is 5.91. The molecule has 1 aromatic rings. The van der Waals surface area contributed by atoms with Gasteiger partial charge in [0.05, 0.1) is 11.1 Å². The molecule has 0 bridgehead atoms. The smallest absolute Gasteiger partial charge is 0.225 e. The summed E-state index contributed by atoms with van der Waals surface area (Å²) in [5.41, 5.74) is 1.11. The molecule has 5 nitrogen and oxygen atoms in total. The average Bonchev–Trinajstić information content (AvgIpc) is 2.39. The molecule has 92 valence electrons. The molecule has 0 aromatic heterocycles. The summed E-state index contributed by atoms with van der Waals surface area (Å²) in [5.74, 6) is -0.121. The second kappa shape index (κ2) is 7.05. The number of hydrogen-bond acceptors (Lipinski definition) is 4. The van der Waals surface area contributed by atoms with Gasteiger partial charge in [-0.05, 0) is 24.7 Å². The second-order valence-corrected chi connectivity index (χ2v) is 3.64. The largest absolute Gasteiger partial charge is 0.326 e. The monoisotopic (exact) mass is 242 g/mol. The van der Waals surface area contributed by atoms with Gasteiger partial charge in [-0.15, -0.1) is 0 Å². The Hall–Kier alpha value is -2.37. The fraction of sp³-hybridized carbons (Fsp3) is 0.308. The van der Waals surface area contributed by atoms with Crippen molar-refractivity contribution in [3.8, 4) is 12.1 Å². The predicted molar refractivity (Wildman–Crippen MR) is 67.7 cm³/mol. The fourth-order valence-corrected chi connectivity index (χ4v) is 1.41. The van der Waals surface area contributed by atoms with E-state index in [0.717, 1.165) is 6.54 Å². The first kappa shape index (κ1) is 13.7. The summed E-state index contributed by atoms with van der Waals surface area (Å²) in [6.07, 6.45) is 0.371. The van der Waals surface area contributed by atoms with Gasteiger partial charge in [-0.2, -0.15) is 10.5 Å². The van der Waals surface area contributed by atoms with E-state index in [1.54, 1.807) is 6.07 Å². The number of nitrogens with one attached hydrogen (secondary N) is 2. The van der Waals surface area contributed by atoms with Crippen LogP contribution < -0.4 is 10.6 Å². The normalized spacial score (nSPS) is 9.28.